The van der Waals surface area contributed by atoms with E-state index >= 15 is 0 Å². The summed E-state index contributed by atoms with van der Waals surface area (Å²) in [7, 11) is -3.47. The minimum atomic E-state index is -3.47. The van der Waals surface area contributed by atoms with E-state index in [2.05, 4.69) is 10.3 Å². The second-order valence-corrected chi connectivity index (χ2v) is 11.2. The number of ether oxygens (including phenoxy) is 2. The van der Waals surface area contributed by atoms with Crippen LogP contribution in [0.15, 0.2) is 45.3 Å². The number of hydrogen-bond donors (Lipinski definition) is 1. The van der Waals surface area contributed by atoms with Crippen LogP contribution in [-0.2, 0) is 14.8 Å². The van der Waals surface area contributed by atoms with E-state index in [1.54, 1.807) is 17.5 Å². The molecule has 0 aliphatic carbocycles. The normalized spacial score (nSPS) is 17.0. The number of sulfonamides is 1. The summed E-state index contributed by atoms with van der Waals surface area (Å²) in [4.78, 5) is 17.2. The van der Waals surface area contributed by atoms with Gasteiger partial charge in [0, 0.05) is 30.0 Å². The number of carbonyl (C=O) groups is 1. The Kier molecular flexibility index (Phi) is 5.42. The largest absolute Gasteiger partial charge is 0.454 e. The Morgan fingerprint density at radius 3 is 2.71 bits per heavy atom. The fourth-order valence-corrected chi connectivity index (χ4v) is 6.96. The number of fused-ring (bicyclic) bond motifs is 1. The van der Waals surface area contributed by atoms with Gasteiger partial charge in [-0.15, -0.1) is 22.7 Å². The lowest BCUT2D eigenvalue weighted by atomic mass is 9.97. The topological polar surface area (TPSA) is 97.8 Å². The van der Waals surface area contributed by atoms with Crippen LogP contribution in [0.2, 0.25) is 0 Å². The molecule has 11 heteroatoms. The first-order chi connectivity index (χ1) is 15.0. The number of carbonyl (C=O) groups excluding carboxylic acids is 1. The molecule has 0 atom stereocenters. The molecule has 1 amide bonds. The van der Waals surface area contributed by atoms with Gasteiger partial charge >= 0.3 is 0 Å². The minimum Gasteiger partial charge on any atom is -0.454 e. The summed E-state index contributed by atoms with van der Waals surface area (Å²) in [6.45, 7) is 0.877. The number of amides is 1. The van der Waals surface area contributed by atoms with E-state index in [9.17, 15) is 13.2 Å². The van der Waals surface area contributed by atoms with Crippen LogP contribution in [0, 0.1) is 5.92 Å². The van der Waals surface area contributed by atoms with Crippen molar-refractivity contribution in [2.75, 3.05) is 25.2 Å². The number of hydrogen-bond acceptors (Lipinski definition) is 8. The van der Waals surface area contributed by atoms with E-state index in [1.165, 1.54) is 27.0 Å². The van der Waals surface area contributed by atoms with Crippen molar-refractivity contribution in [1.29, 1.82) is 0 Å². The number of benzene rings is 1. The van der Waals surface area contributed by atoms with Gasteiger partial charge in [0.25, 0.3) is 10.0 Å². The lowest BCUT2D eigenvalue weighted by Gasteiger charge is -2.29. The average molecular weight is 478 g/mol. The van der Waals surface area contributed by atoms with Crippen LogP contribution in [0.3, 0.4) is 0 Å². The van der Waals surface area contributed by atoms with E-state index < -0.39 is 10.0 Å². The molecule has 8 nitrogen and oxygen atoms in total. The molecular weight excluding hydrogens is 458 g/mol. The van der Waals surface area contributed by atoms with Gasteiger partial charge < -0.3 is 14.8 Å². The SMILES string of the molecule is O=C(Nc1nc(-c2ccc3c(c2)OCO3)cs1)C1CCN(S(=O)(=O)c2cccs2)CC1. The molecule has 0 bridgehead atoms. The number of piperidine rings is 1. The zero-order chi connectivity index (χ0) is 21.4. The Morgan fingerprint density at radius 1 is 1.13 bits per heavy atom. The molecule has 0 unspecified atom stereocenters. The van der Waals surface area contributed by atoms with E-state index in [0.29, 0.717) is 46.8 Å². The third-order valence-electron chi connectivity index (χ3n) is 5.32. The number of thiophene rings is 1. The maximum absolute atomic E-state index is 12.7. The highest BCUT2D eigenvalue weighted by Gasteiger charge is 2.32. The average Bonchev–Trinajstić information content (AvgIpc) is 3.54. The number of rotatable bonds is 5. The molecule has 2 aromatic heterocycles. The second-order valence-electron chi connectivity index (χ2n) is 7.21. The number of nitrogens with one attached hydrogen (secondary N) is 1. The van der Waals surface area contributed by atoms with Crippen LogP contribution in [0.5, 0.6) is 11.5 Å². The van der Waals surface area contributed by atoms with Crippen LogP contribution >= 0.6 is 22.7 Å². The van der Waals surface area contributed by atoms with Gasteiger partial charge in [-0.25, -0.2) is 13.4 Å². The molecule has 1 aromatic carbocycles. The molecule has 5 rings (SSSR count). The fraction of sp³-hybridized carbons (Fsp3) is 0.300. The molecule has 162 valence electrons. The van der Waals surface area contributed by atoms with Gasteiger partial charge in [-0.2, -0.15) is 4.31 Å². The molecule has 1 fully saturated rings. The zero-order valence-electron chi connectivity index (χ0n) is 16.3. The smallest absolute Gasteiger partial charge is 0.252 e. The lowest BCUT2D eigenvalue weighted by Crippen LogP contribution is -2.41. The van der Waals surface area contributed by atoms with Crippen LogP contribution in [0.25, 0.3) is 11.3 Å². The molecule has 0 saturated carbocycles. The predicted molar refractivity (Wildman–Crippen MR) is 118 cm³/mol. The Hall–Kier alpha value is -2.47. The first kappa shape index (κ1) is 20.4. The zero-order valence-corrected chi connectivity index (χ0v) is 18.8. The van der Waals surface area contributed by atoms with Gasteiger partial charge in [0.15, 0.2) is 16.6 Å². The highest BCUT2D eigenvalue weighted by molar-refractivity contribution is 7.91. The fourth-order valence-electron chi connectivity index (χ4n) is 3.62. The van der Waals surface area contributed by atoms with Crippen LogP contribution in [0.4, 0.5) is 5.13 Å². The Morgan fingerprint density at radius 2 is 1.94 bits per heavy atom. The summed E-state index contributed by atoms with van der Waals surface area (Å²) in [6.07, 6.45) is 0.966. The van der Waals surface area contributed by atoms with E-state index in [-0.39, 0.29) is 18.6 Å². The second kappa shape index (κ2) is 8.23. The number of nitrogens with zero attached hydrogens (tertiary/aromatic N) is 2. The summed E-state index contributed by atoms with van der Waals surface area (Å²) in [6, 6.07) is 8.94. The Bertz CT molecular complexity index is 1200. The Balaban J connectivity index is 1.20. The molecule has 0 radical (unpaired) electrons. The first-order valence-corrected chi connectivity index (χ1v) is 12.9. The van der Waals surface area contributed by atoms with Crippen molar-refractivity contribution in [2.45, 2.75) is 17.1 Å². The molecule has 1 saturated heterocycles. The maximum Gasteiger partial charge on any atom is 0.252 e. The van der Waals surface area contributed by atoms with Crippen molar-refractivity contribution < 1.29 is 22.7 Å². The van der Waals surface area contributed by atoms with Crippen molar-refractivity contribution in [3.05, 3.63) is 41.1 Å². The highest BCUT2D eigenvalue weighted by Crippen LogP contribution is 2.36. The maximum atomic E-state index is 12.7. The van der Waals surface area contributed by atoms with E-state index in [4.69, 9.17) is 9.47 Å². The summed E-state index contributed by atoms with van der Waals surface area (Å²) in [5.74, 6) is 1.02. The molecule has 0 spiro atoms. The van der Waals surface area contributed by atoms with Crippen molar-refractivity contribution in [3.8, 4) is 22.8 Å². The summed E-state index contributed by atoms with van der Waals surface area (Å²) in [5.41, 5.74) is 1.63. The molecule has 31 heavy (non-hydrogen) atoms. The van der Waals surface area contributed by atoms with Gasteiger partial charge in [0.2, 0.25) is 12.7 Å². The standard InChI is InChI=1S/C20H19N3O5S3/c24-19(13-5-7-23(8-6-13)31(25,26)18-2-1-9-29-18)22-20-21-15(11-30-20)14-3-4-16-17(10-14)28-12-27-16/h1-4,9-11,13H,5-8,12H2,(H,21,22,24). The van der Waals surface area contributed by atoms with Crippen molar-refractivity contribution in [2.24, 2.45) is 5.92 Å². The number of anilines is 1. The lowest BCUT2D eigenvalue weighted by molar-refractivity contribution is -0.120. The summed E-state index contributed by atoms with van der Waals surface area (Å²) >= 11 is 2.56. The monoisotopic (exact) mass is 477 g/mol. The predicted octanol–water partition coefficient (Wildman–Crippen LogP) is 3.64. The highest BCUT2D eigenvalue weighted by atomic mass is 32.2. The number of aromatic nitrogens is 1. The third-order valence-corrected chi connectivity index (χ3v) is 9.35. The van der Waals surface area contributed by atoms with Crippen molar-refractivity contribution in [3.63, 3.8) is 0 Å². The van der Waals surface area contributed by atoms with Gasteiger partial charge in [-0.3, -0.25) is 4.79 Å². The Labute approximate surface area is 187 Å². The van der Waals surface area contributed by atoms with E-state index in [0.717, 1.165) is 11.3 Å². The van der Waals surface area contributed by atoms with Crippen LogP contribution < -0.4 is 14.8 Å². The summed E-state index contributed by atoms with van der Waals surface area (Å²) < 4.78 is 37.8. The van der Waals surface area contributed by atoms with Crippen molar-refractivity contribution in [1.82, 2.24) is 9.29 Å². The molecular formula is C20H19N3O5S3. The van der Waals surface area contributed by atoms with Gasteiger partial charge in [-0.1, -0.05) is 6.07 Å². The van der Waals surface area contributed by atoms with Gasteiger partial charge in [0.05, 0.1) is 5.69 Å². The molecule has 2 aliphatic heterocycles. The van der Waals surface area contributed by atoms with Crippen molar-refractivity contribution >= 4 is 43.7 Å². The van der Waals surface area contributed by atoms with Gasteiger partial charge in [-0.05, 0) is 42.5 Å². The van der Waals surface area contributed by atoms with Crippen LogP contribution in [-0.4, -0.2) is 43.5 Å². The first-order valence-electron chi connectivity index (χ1n) is 9.71. The molecule has 4 heterocycles. The summed E-state index contributed by atoms with van der Waals surface area (Å²) in [5, 5.41) is 7.03. The minimum absolute atomic E-state index is 0.125. The quantitative estimate of drug-likeness (QED) is 0.603. The molecule has 1 N–H and O–H groups in total. The third kappa shape index (κ3) is 4.05. The van der Waals surface area contributed by atoms with Gasteiger partial charge in [0.1, 0.15) is 4.21 Å². The molecule has 3 aromatic rings. The van der Waals surface area contributed by atoms with E-state index in [1.807, 2.05) is 23.6 Å². The molecule has 2 aliphatic rings. The number of thiazole rings is 1. The van der Waals surface area contributed by atoms with Crippen LogP contribution in [0.1, 0.15) is 12.8 Å².